The number of piperazine rings is 1. The quantitative estimate of drug-likeness (QED) is 0.760. The highest BCUT2D eigenvalue weighted by Gasteiger charge is 2.33. The summed E-state index contributed by atoms with van der Waals surface area (Å²) in [6.45, 7) is 4.64. The van der Waals surface area contributed by atoms with Crippen LogP contribution in [-0.4, -0.2) is 64.7 Å². The van der Waals surface area contributed by atoms with Crippen LogP contribution in [0.25, 0.3) is 0 Å². The fourth-order valence-electron chi connectivity index (χ4n) is 3.46. The van der Waals surface area contributed by atoms with Crippen LogP contribution < -0.4 is 13.9 Å². The van der Waals surface area contributed by atoms with Crippen LogP contribution in [-0.2, 0) is 14.8 Å². The summed E-state index contributed by atoms with van der Waals surface area (Å²) in [5.74, 6) is 1.11. The minimum atomic E-state index is -3.64. The molecule has 29 heavy (non-hydrogen) atoms. The van der Waals surface area contributed by atoms with E-state index < -0.39 is 16.1 Å². The van der Waals surface area contributed by atoms with E-state index in [4.69, 9.17) is 4.74 Å². The summed E-state index contributed by atoms with van der Waals surface area (Å²) < 4.78 is 32.0. The molecule has 1 saturated heterocycles. The largest absolute Gasteiger partial charge is 0.457 e. The number of carbonyl (C=O) groups excluding carboxylic acids is 1. The van der Waals surface area contributed by atoms with Gasteiger partial charge in [-0.15, -0.1) is 0 Å². The van der Waals surface area contributed by atoms with Crippen LogP contribution in [0.15, 0.2) is 54.6 Å². The van der Waals surface area contributed by atoms with Crippen molar-refractivity contribution in [2.45, 2.75) is 13.0 Å². The molecule has 2 aromatic carbocycles. The third-order valence-corrected chi connectivity index (χ3v) is 6.31. The van der Waals surface area contributed by atoms with Gasteiger partial charge in [-0.2, -0.15) is 0 Å². The lowest BCUT2D eigenvalue weighted by Gasteiger charge is -2.35. The van der Waals surface area contributed by atoms with Gasteiger partial charge in [-0.25, -0.2) is 8.42 Å². The number of hydrogen-bond acceptors (Lipinski definition) is 4. The highest BCUT2D eigenvalue weighted by Crippen LogP contribution is 2.27. The lowest BCUT2D eigenvalue weighted by molar-refractivity contribution is -0.883. The summed E-state index contributed by atoms with van der Waals surface area (Å²) in [4.78, 5) is 16.1. The number of ether oxygens (including phenoxy) is 1. The minimum absolute atomic E-state index is 0.174. The molecular formula is C21H28N3O4S+. The third kappa shape index (κ3) is 5.27. The van der Waals surface area contributed by atoms with Crippen LogP contribution in [0.3, 0.4) is 0 Å². The predicted molar refractivity (Wildman–Crippen MR) is 113 cm³/mol. The molecule has 2 aromatic rings. The number of likely N-dealkylation sites (N-methyl/N-ethyl adjacent to an activating group) is 1. The van der Waals surface area contributed by atoms with E-state index in [1.54, 1.807) is 36.1 Å². The molecule has 0 bridgehead atoms. The minimum Gasteiger partial charge on any atom is -0.457 e. The van der Waals surface area contributed by atoms with Gasteiger partial charge >= 0.3 is 0 Å². The van der Waals surface area contributed by atoms with E-state index in [1.165, 1.54) is 9.21 Å². The van der Waals surface area contributed by atoms with Crippen molar-refractivity contribution < 1.29 is 22.8 Å². The Labute approximate surface area is 172 Å². The summed E-state index contributed by atoms with van der Waals surface area (Å²) in [6, 6.07) is 15.3. The second-order valence-corrected chi connectivity index (χ2v) is 9.29. The molecule has 0 aromatic heterocycles. The number of hydrogen-bond donors (Lipinski definition) is 1. The van der Waals surface area contributed by atoms with Gasteiger partial charge in [0.2, 0.25) is 15.9 Å². The Morgan fingerprint density at radius 2 is 1.59 bits per heavy atom. The Balaban J connectivity index is 1.79. The second-order valence-electron chi connectivity index (χ2n) is 7.43. The monoisotopic (exact) mass is 418 g/mol. The Bertz CT molecular complexity index is 924. The number of sulfonamides is 1. The van der Waals surface area contributed by atoms with E-state index >= 15 is 0 Å². The number of rotatable bonds is 6. The van der Waals surface area contributed by atoms with E-state index in [-0.39, 0.29) is 5.91 Å². The van der Waals surface area contributed by atoms with Gasteiger partial charge in [0.1, 0.15) is 17.5 Å². The number of amides is 1. The van der Waals surface area contributed by atoms with E-state index in [9.17, 15) is 13.2 Å². The van der Waals surface area contributed by atoms with Crippen molar-refractivity contribution in [3.8, 4) is 11.5 Å². The maximum Gasteiger partial charge on any atom is 0.246 e. The van der Waals surface area contributed by atoms with E-state index in [0.717, 1.165) is 19.3 Å². The van der Waals surface area contributed by atoms with Gasteiger partial charge in [0.25, 0.3) is 0 Å². The molecule has 0 radical (unpaired) electrons. The summed E-state index contributed by atoms with van der Waals surface area (Å²) in [6.07, 6.45) is 1.12. The molecule has 1 amide bonds. The Morgan fingerprint density at radius 1 is 1.03 bits per heavy atom. The number of nitrogens with zero attached hydrogens (tertiary/aromatic N) is 2. The molecule has 1 fully saturated rings. The van der Waals surface area contributed by atoms with Crippen LogP contribution in [0.2, 0.25) is 0 Å². The molecule has 1 aliphatic rings. The zero-order chi connectivity index (χ0) is 21.0. The first-order chi connectivity index (χ1) is 13.8. The van der Waals surface area contributed by atoms with Gasteiger partial charge in [0, 0.05) is 0 Å². The molecular weight excluding hydrogens is 390 g/mol. The molecule has 0 saturated carbocycles. The van der Waals surface area contributed by atoms with E-state index in [0.29, 0.717) is 30.3 Å². The SMILES string of the molecule is C[C@@H](C(=O)N1CC[NH+](C)CC1)N(c1ccc(Oc2ccccc2)cc1)S(C)(=O)=O. The predicted octanol–water partition coefficient (Wildman–Crippen LogP) is 0.990. The molecule has 0 aliphatic carbocycles. The Morgan fingerprint density at radius 3 is 2.14 bits per heavy atom. The normalized spacial score (nSPS) is 16.3. The first-order valence-electron chi connectivity index (χ1n) is 9.68. The highest BCUT2D eigenvalue weighted by atomic mass is 32.2. The van der Waals surface area contributed by atoms with Gasteiger partial charge in [-0.05, 0) is 43.3 Å². The zero-order valence-electron chi connectivity index (χ0n) is 17.0. The molecule has 1 atom stereocenters. The first kappa shape index (κ1) is 21.1. The van der Waals surface area contributed by atoms with Crippen molar-refractivity contribution in [2.24, 2.45) is 0 Å². The maximum atomic E-state index is 13.0. The molecule has 3 rings (SSSR count). The van der Waals surface area contributed by atoms with Crippen molar-refractivity contribution in [3.05, 3.63) is 54.6 Å². The number of quaternary nitrogens is 1. The molecule has 7 nitrogen and oxygen atoms in total. The van der Waals surface area contributed by atoms with Crippen molar-refractivity contribution >= 4 is 21.6 Å². The van der Waals surface area contributed by atoms with Crippen LogP contribution >= 0.6 is 0 Å². The van der Waals surface area contributed by atoms with E-state index in [2.05, 4.69) is 7.05 Å². The van der Waals surface area contributed by atoms with Crippen LogP contribution in [0.4, 0.5) is 5.69 Å². The molecule has 156 valence electrons. The average molecular weight is 419 g/mol. The fraction of sp³-hybridized carbons (Fsp3) is 0.381. The number of nitrogens with one attached hydrogen (secondary N) is 1. The van der Waals surface area contributed by atoms with Gasteiger partial charge in [0.15, 0.2) is 0 Å². The van der Waals surface area contributed by atoms with Crippen LogP contribution in [0.5, 0.6) is 11.5 Å². The van der Waals surface area contributed by atoms with Crippen LogP contribution in [0.1, 0.15) is 6.92 Å². The van der Waals surface area contributed by atoms with Gasteiger partial charge < -0.3 is 14.5 Å². The highest BCUT2D eigenvalue weighted by molar-refractivity contribution is 7.92. The number of carbonyl (C=O) groups is 1. The molecule has 1 heterocycles. The number of benzene rings is 2. The number of para-hydroxylation sites is 1. The smallest absolute Gasteiger partial charge is 0.246 e. The zero-order valence-corrected chi connectivity index (χ0v) is 17.9. The van der Waals surface area contributed by atoms with Crippen molar-refractivity contribution in [1.29, 1.82) is 0 Å². The maximum absolute atomic E-state index is 13.0. The van der Waals surface area contributed by atoms with Gasteiger partial charge in [0.05, 0.1) is 45.2 Å². The van der Waals surface area contributed by atoms with Crippen molar-refractivity contribution in [1.82, 2.24) is 4.90 Å². The summed E-state index contributed by atoms with van der Waals surface area (Å²) >= 11 is 0. The molecule has 0 unspecified atom stereocenters. The number of anilines is 1. The third-order valence-electron chi connectivity index (χ3n) is 5.07. The van der Waals surface area contributed by atoms with Crippen molar-refractivity contribution in [2.75, 3.05) is 43.8 Å². The topological polar surface area (TPSA) is 71.4 Å². The second kappa shape index (κ2) is 8.84. The summed E-state index contributed by atoms with van der Waals surface area (Å²) in [7, 11) is -1.55. The average Bonchev–Trinajstić information content (AvgIpc) is 2.69. The lowest BCUT2D eigenvalue weighted by Crippen LogP contribution is -3.12. The molecule has 0 spiro atoms. The lowest BCUT2D eigenvalue weighted by atomic mass is 10.2. The summed E-state index contributed by atoms with van der Waals surface area (Å²) in [5.41, 5.74) is 0.438. The first-order valence-corrected chi connectivity index (χ1v) is 11.5. The van der Waals surface area contributed by atoms with Crippen molar-refractivity contribution in [3.63, 3.8) is 0 Å². The fourth-order valence-corrected chi connectivity index (χ4v) is 4.63. The standard InChI is InChI=1S/C21H27N3O4S/c1-17(21(25)23-15-13-22(2)14-16-23)24(29(3,26)27)18-9-11-20(12-10-18)28-19-7-5-4-6-8-19/h4-12,17H,13-16H2,1-3H3/p+1/t17-/m0/s1. The van der Waals surface area contributed by atoms with Gasteiger partial charge in [-0.1, -0.05) is 18.2 Å². The summed E-state index contributed by atoms with van der Waals surface area (Å²) in [5, 5.41) is 0. The molecule has 1 N–H and O–H groups in total. The Hall–Kier alpha value is -2.58. The molecule has 1 aliphatic heterocycles. The van der Waals surface area contributed by atoms with Gasteiger partial charge in [-0.3, -0.25) is 9.10 Å². The van der Waals surface area contributed by atoms with Crippen LogP contribution in [0, 0.1) is 0 Å². The molecule has 8 heteroatoms. The van der Waals surface area contributed by atoms with E-state index in [1.807, 2.05) is 30.3 Å². The Kier molecular flexibility index (Phi) is 6.44.